The number of nitrogens with zero attached hydrogens (tertiary/aromatic N) is 1. The van der Waals surface area contributed by atoms with Gasteiger partial charge in [-0.25, -0.2) is 4.79 Å². The minimum Gasteiger partial charge on any atom is -0.462 e. The molecule has 0 aromatic heterocycles. The number of carbonyl (C=O) groups excluding carboxylic acids is 2. The second-order valence-corrected chi connectivity index (χ2v) is 7.55. The number of hydrogen-bond acceptors (Lipinski definition) is 3. The van der Waals surface area contributed by atoms with Crippen LogP contribution in [0.25, 0.3) is 0 Å². The third-order valence-corrected chi connectivity index (χ3v) is 5.24. The molecular formula is C24H21Cl2NO3. The topological polar surface area (TPSA) is 46.6 Å². The number of aryl methyl sites for hydroxylation is 1. The van der Waals surface area contributed by atoms with Gasteiger partial charge in [0.2, 0.25) is 0 Å². The Morgan fingerprint density at radius 1 is 0.967 bits per heavy atom. The van der Waals surface area contributed by atoms with Gasteiger partial charge in [0, 0.05) is 21.3 Å². The van der Waals surface area contributed by atoms with Gasteiger partial charge in [-0.1, -0.05) is 47.5 Å². The molecule has 3 aromatic carbocycles. The highest BCUT2D eigenvalue weighted by atomic mass is 35.5. The minimum atomic E-state index is -0.401. The van der Waals surface area contributed by atoms with Crippen LogP contribution >= 0.6 is 23.2 Å². The summed E-state index contributed by atoms with van der Waals surface area (Å²) in [4.78, 5) is 27.0. The van der Waals surface area contributed by atoms with E-state index in [1.165, 1.54) is 0 Å². The first kappa shape index (κ1) is 21.9. The lowest BCUT2D eigenvalue weighted by molar-refractivity contribution is 0.0526. The summed E-state index contributed by atoms with van der Waals surface area (Å²) < 4.78 is 5.03. The maximum atomic E-state index is 13.4. The van der Waals surface area contributed by atoms with Gasteiger partial charge in [0.1, 0.15) is 0 Å². The summed E-state index contributed by atoms with van der Waals surface area (Å²) in [6.07, 6.45) is 0. The van der Waals surface area contributed by atoms with Crippen molar-refractivity contribution < 1.29 is 14.3 Å². The highest BCUT2D eigenvalue weighted by Gasteiger charge is 2.21. The number of benzene rings is 3. The first-order chi connectivity index (χ1) is 14.4. The predicted octanol–water partition coefficient (Wildman–Crippen LogP) is 6.33. The molecule has 3 aromatic rings. The maximum Gasteiger partial charge on any atom is 0.338 e. The van der Waals surface area contributed by atoms with Crippen molar-refractivity contribution in [3.8, 4) is 0 Å². The standard InChI is InChI=1S/C24H21Cl2NO3/c1-3-30-24(29)17-9-12-20(13-10-17)27(15-18-8-11-19(25)14-22(18)26)23(28)21-7-5-4-6-16(21)2/h4-14H,3,15H2,1-2H3. The van der Waals surface area contributed by atoms with Crippen LogP contribution in [0, 0.1) is 6.92 Å². The molecule has 0 radical (unpaired) electrons. The van der Waals surface area contributed by atoms with E-state index in [4.69, 9.17) is 27.9 Å². The molecule has 3 rings (SSSR count). The Balaban J connectivity index is 1.99. The van der Waals surface area contributed by atoms with Crippen LogP contribution in [0.15, 0.2) is 66.7 Å². The molecule has 0 aliphatic heterocycles. The summed E-state index contributed by atoms with van der Waals surface area (Å²) in [5, 5.41) is 1.01. The molecule has 0 unspecified atom stereocenters. The molecule has 0 aliphatic carbocycles. The molecule has 0 saturated carbocycles. The molecule has 30 heavy (non-hydrogen) atoms. The Labute approximate surface area is 186 Å². The number of amides is 1. The van der Waals surface area contributed by atoms with E-state index < -0.39 is 5.97 Å². The highest BCUT2D eigenvalue weighted by molar-refractivity contribution is 6.35. The van der Waals surface area contributed by atoms with Crippen LogP contribution in [0.5, 0.6) is 0 Å². The second kappa shape index (κ2) is 9.79. The normalized spacial score (nSPS) is 10.5. The van der Waals surface area contributed by atoms with Crippen LogP contribution in [-0.4, -0.2) is 18.5 Å². The van der Waals surface area contributed by atoms with Gasteiger partial charge in [-0.2, -0.15) is 0 Å². The van der Waals surface area contributed by atoms with Crippen LogP contribution < -0.4 is 4.90 Å². The molecule has 6 heteroatoms. The fourth-order valence-corrected chi connectivity index (χ4v) is 3.52. The molecule has 0 N–H and O–H groups in total. The van der Waals surface area contributed by atoms with Crippen molar-refractivity contribution in [1.82, 2.24) is 0 Å². The molecule has 0 fully saturated rings. The Kier molecular flexibility index (Phi) is 7.14. The van der Waals surface area contributed by atoms with Crippen LogP contribution in [0.4, 0.5) is 5.69 Å². The zero-order chi connectivity index (χ0) is 21.7. The smallest absolute Gasteiger partial charge is 0.338 e. The van der Waals surface area contributed by atoms with E-state index in [-0.39, 0.29) is 12.5 Å². The molecule has 0 spiro atoms. The fraction of sp³-hybridized carbons (Fsp3) is 0.167. The zero-order valence-electron chi connectivity index (χ0n) is 16.7. The van der Waals surface area contributed by atoms with Crippen molar-refractivity contribution in [1.29, 1.82) is 0 Å². The number of anilines is 1. The van der Waals surface area contributed by atoms with Crippen molar-refractivity contribution in [3.63, 3.8) is 0 Å². The zero-order valence-corrected chi connectivity index (χ0v) is 18.2. The summed E-state index contributed by atoms with van der Waals surface area (Å²) in [5.74, 6) is -0.565. The van der Waals surface area contributed by atoms with Crippen molar-refractivity contribution in [3.05, 3.63) is 99.0 Å². The van der Waals surface area contributed by atoms with E-state index in [0.29, 0.717) is 33.5 Å². The average molecular weight is 442 g/mol. The van der Waals surface area contributed by atoms with Gasteiger partial charge in [-0.05, 0) is 67.4 Å². The van der Waals surface area contributed by atoms with Crippen molar-refractivity contribution >= 4 is 40.8 Å². The van der Waals surface area contributed by atoms with E-state index in [1.54, 1.807) is 60.4 Å². The van der Waals surface area contributed by atoms with Gasteiger partial charge in [0.05, 0.1) is 18.7 Å². The molecule has 0 bridgehead atoms. The molecule has 1 amide bonds. The van der Waals surface area contributed by atoms with Crippen LogP contribution in [0.3, 0.4) is 0 Å². The van der Waals surface area contributed by atoms with E-state index in [2.05, 4.69) is 0 Å². The second-order valence-electron chi connectivity index (χ2n) is 6.71. The first-order valence-corrected chi connectivity index (χ1v) is 10.2. The molecule has 0 heterocycles. The number of ether oxygens (including phenoxy) is 1. The van der Waals surface area contributed by atoms with Crippen molar-refractivity contribution in [2.45, 2.75) is 20.4 Å². The van der Waals surface area contributed by atoms with Crippen LogP contribution in [-0.2, 0) is 11.3 Å². The van der Waals surface area contributed by atoms with Crippen LogP contribution in [0.1, 0.15) is 38.8 Å². The number of halogens is 2. The lowest BCUT2D eigenvalue weighted by Crippen LogP contribution is -2.31. The third-order valence-electron chi connectivity index (χ3n) is 4.65. The summed E-state index contributed by atoms with van der Waals surface area (Å²) in [6, 6.07) is 19.4. The van der Waals surface area contributed by atoms with Crippen LogP contribution in [0.2, 0.25) is 10.0 Å². The number of carbonyl (C=O) groups is 2. The molecule has 0 atom stereocenters. The SMILES string of the molecule is CCOC(=O)c1ccc(N(Cc2ccc(Cl)cc2Cl)C(=O)c2ccccc2C)cc1. The maximum absolute atomic E-state index is 13.4. The summed E-state index contributed by atoms with van der Waals surface area (Å²) >= 11 is 12.4. The monoisotopic (exact) mass is 441 g/mol. The highest BCUT2D eigenvalue weighted by Crippen LogP contribution is 2.27. The van der Waals surface area contributed by atoms with Gasteiger partial charge in [-0.3, -0.25) is 4.79 Å². The summed E-state index contributed by atoms with van der Waals surface area (Å²) in [7, 11) is 0. The van der Waals surface area contributed by atoms with E-state index in [1.807, 2.05) is 25.1 Å². The minimum absolute atomic E-state index is 0.164. The first-order valence-electron chi connectivity index (χ1n) is 9.49. The van der Waals surface area contributed by atoms with Gasteiger partial charge >= 0.3 is 5.97 Å². The van der Waals surface area contributed by atoms with Crippen molar-refractivity contribution in [2.24, 2.45) is 0 Å². The quantitative estimate of drug-likeness (QED) is 0.420. The van der Waals surface area contributed by atoms with E-state index in [0.717, 1.165) is 11.1 Å². The lowest BCUT2D eigenvalue weighted by Gasteiger charge is -2.24. The largest absolute Gasteiger partial charge is 0.462 e. The number of esters is 1. The Bertz CT molecular complexity index is 1060. The Morgan fingerprint density at radius 3 is 2.30 bits per heavy atom. The molecule has 0 saturated heterocycles. The number of hydrogen-bond donors (Lipinski definition) is 0. The summed E-state index contributed by atoms with van der Waals surface area (Å²) in [5.41, 5.74) is 3.29. The van der Waals surface area contributed by atoms with Gasteiger partial charge in [0.25, 0.3) is 5.91 Å². The third kappa shape index (κ3) is 5.02. The van der Waals surface area contributed by atoms with Crippen molar-refractivity contribution in [2.75, 3.05) is 11.5 Å². The summed E-state index contributed by atoms with van der Waals surface area (Å²) in [6.45, 7) is 4.20. The van der Waals surface area contributed by atoms with Gasteiger partial charge < -0.3 is 9.64 Å². The molecular weight excluding hydrogens is 421 g/mol. The Hall–Kier alpha value is -2.82. The van der Waals surface area contributed by atoms with Gasteiger partial charge in [-0.15, -0.1) is 0 Å². The Morgan fingerprint density at radius 2 is 1.67 bits per heavy atom. The van der Waals surface area contributed by atoms with Gasteiger partial charge in [0.15, 0.2) is 0 Å². The fourth-order valence-electron chi connectivity index (χ4n) is 3.05. The van der Waals surface area contributed by atoms with E-state index in [9.17, 15) is 9.59 Å². The molecule has 0 aliphatic rings. The lowest BCUT2D eigenvalue weighted by atomic mass is 10.1. The predicted molar refractivity (Wildman–Crippen MR) is 121 cm³/mol. The molecule has 154 valence electrons. The number of rotatable bonds is 6. The van der Waals surface area contributed by atoms with E-state index >= 15 is 0 Å². The average Bonchev–Trinajstić information content (AvgIpc) is 2.73. The molecule has 4 nitrogen and oxygen atoms in total.